The molecule has 3 saturated heterocycles. The Hall–Kier alpha value is -2.70. The third kappa shape index (κ3) is 2.19. The molecule has 0 radical (unpaired) electrons. The zero-order valence-electron chi connectivity index (χ0n) is 17.3. The molecule has 7 heteroatoms. The first-order valence-electron chi connectivity index (χ1n) is 10.7. The smallest absolute Gasteiger partial charge is 0.250 e. The summed E-state index contributed by atoms with van der Waals surface area (Å²) in [7, 11) is 0. The van der Waals surface area contributed by atoms with E-state index >= 15 is 0 Å². The van der Waals surface area contributed by atoms with E-state index in [2.05, 4.69) is 10.2 Å². The van der Waals surface area contributed by atoms with Gasteiger partial charge in [-0.3, -0.25) is 19.3 Å². The van der Waals surface area contributed by atoms with Crippen molar-refractivity contribution < 1.29 is 14.4 Å². The van der Waals surface area contributed by atoms with Crippen LogP contribution in [-0.4, -0.2) is 35.2 Å². The van der Waals surface area contributed by atoms with Crippen molar-refractivity contribution >= 4 is 40.7 Å². The second-order valence-electron chi connectivity index (χ2n) is 9.10. The van der Waals surface area contributed by atoms with Gasteiger partial charge in [0.25, 0.3) is 0 Å². The molecule has 0 bridgehead atoms. The lowest BCUT2D eigenvalue weighted by atomic mass is 9.75. The molecule has 2 aromatic carbocycles. The number of carbonyl (C=O) groups is 3. The van der Waals surface area contributed by atoms with E-state index in [4.69, 9.17) is 11.6 Å². The monoisotopic (exact) mass is 435 g/mol. The summed E-state index contributed by atoms with van der Waals surface area (Å²) in [6.45, 7) is 4.64. The van der Waals surface area contributed by atoms with Crippen molar-refractivity contribution in [3.63, 3.8) is 0 Å². The van der Waals surface area contributed by atoms with Gasteiger partial charge in [-0.15, -0.1) is 0 Å². The van der Waals surface area contributed by atoms with E-state index in [0.717, 1.165) is 24.0 Å². The van der Waals surface area contributed by atoms with Crippen molar-refractivity contribution in [1.29, 1.82) is 0 Å². The fourth-order valence-corrected chi connectivity index (χ4v) is 6.47. The summed E-state index contributed by atoms with van der Waals surface area (Å²) in [5, 5.41) is 3.48. The van der Waals surface area contributed by atoms with Gasteiger partial charge < -0.3 is 5.32 Å². The standard InChI is InChI=1S/C24H22ClN3O3/c1-12-5-7-15(10-13(12)2)28-21(29)19-18-4-3-9-27(18)24(20(19)22(28)30)16-11-14(25)6-8-17(16)26-23(24)31/h5-8,10-11,18-20H,3-4,9H2,1-2H3,(H,26,31)/t18-,19+,20+,24-/m1/s1. The van der Waals surface area contributed by atoms with E-state index in [1.807, 2.05) is 32.0 Å². The number of nitrogens with one attached hydrogen (secondary N) is 1. The maximum absolute atomic E-state index is 13.9. The Morgan fingerprint density at radius 2 is 1.84 bits per heavy atom. The predicted octanol–water partition coefficient (Wildman–Crippen LogP) is 3.39. The van der Waals surface area contributed by atoms with Crippen LogP contribution in [0.25, 0.3) is 0 Å². The molecule has 3 amide bonds. The molecular formula is C24H22ClN3O3. The molecule has 0 aliphatic carbocycles. The summed E-state index contributed by atoms with van der Waals surface area (Å²) in [4.78, 5) is 44.6. The molecule has 1 spiro atoms. The third-order valence-electron chi connectivity index (χ3n) is 7.70. The van der Waals surface area contributed by atoms with Crippen LogP contribution in [-0.2, 0) is 19.9 Å². The molecule has 2 aromatic rings. The molecule has 4 aliphatic rings. The molecule has 4 atom stereocenters. The van der Waals surface area contributed by atoms with Gasteiger partial charge in [0.1, 0.15) is 5.54 Å². The number of benzene rings is 2. The number of nitrogens with zero attached hydrogens (tertiary/aromatic N) is 2. The van der Waals surface area contributed by atoms with Crippen LogP contribution in [0.3, 0.4) is 0 Å². The molecule has 31 heavy (non-hydrogen) atoms. The Labute approximate surface area is 185 Å². The van der Waals surface area contributed by atoms with E-state index in [1.165, 1.54) is 4.90 Å². The van der Waals surface area contributed by atoms with Gasteiger partial charge >= 0.3 is 0 Å². The number of imide groups is 1. The summed E-state index contributed by atoms with van der Waals surface area (Å²) in [6, 6.07) is 10.8. The van der Waals surface area contributed by atoms with Gasteiger partial charge in [-0.05, 0) is 74.7 Å². The quantitative estimate of drug-likeness (QED) is 0.697. The first-order chi connectivity index (χ1) is 14.9. The zero-order chi connectivity index (χ0) is 21.7. The molecule has 0 unspecified atom stereocenters. The van der Waals surface area contributed by atoms with Crippen LogP contribution >= 0.6 is 11.6 Å². The number of amides is 3. The molecule has 4 heterocycles. The summed E-state index contributed by atoms with van der Waals surface area (Å²) in [5.41, 5.74) is 2.89. The summed E-state index contributed by atoms with van der Waals surface area (Å²) in [6.07, 6.45) is 1.69. The predicted molar refractivity (Wildman–Crippen MR) is 117 cm³/mol. The number of rotatable bonds is 1. The number of halogens is 1. The maximum Gasteiger partial charge on any atom is 0.250 e. The van der Waals surface area contributed by atoms with Crippen LogP contribution in [0.1, 0.15) is 29.5 Å². The largest absolute Gasteiger partial charge is 0.324 e. The van der Waals surface area contributed by atoms with Crippen molar-refractivity contribution in [3.05, 3.63) is 58.1 Å². The minimum absolute atomic E-state index is 0.131. The lowest BCUT2D eigenvalue weighted by molar-refractivity contribution is -0.135. The lowest BCUT2D eigenvalue weighted by Gasteiger charge is -2.36. The number of fused-ring (bicyclic) bond motifs is 7. The Morgan fingerprint density at radius 3 is 2.61 bits per heavy atom. The fourth-order valence-electron chi connectivity index (χ4n) is 6.29. The number of carbonyl (C=O) groups excluding carboxylic acids is 3. The van der Waals surface area contributed by atoms with Crippen LogP contribution in [0.15, 0.2) is 36.4 Å². The number of hydrogen-bond acceptors (Lipinski definition) is 4. The second kappa shape index (κ2) is 6.17. The first-order valence-corrected chi connectivity index (χ1v) is 11.1. The summed E-state index contributed by atoms with van der Waals surface area (Å²) in [5.74, 6) is -2.02. The molecule has 3 fully saturated rings. The van der Waals surface area contributed by atoms with Crippen LogP contribution < -0.4 is 10.2 Å². The van der Waals surface area contributed by atoms with Gasteiger partial charge in [-0.2, -0.15) is 0 Å². The second-order valence-corrected chi connectivity index (χ2v) is 9.53. The highest BCUT2D eigenvalue weighted by molar-refractivity contribution is 6.31. The molecule has 6 nitrogen and oxygen atoms in total. The SMILES string of the molecule is Cc1ccc(N2C(=O)[C@H]3[C@H]4CCCN4[C@@]4(C(=O)Nc5ccc(Cl)cc54)[C@@H]3C2=O)cc1C. The Bertz CT molecular complexity index is 1190. The fraction of sp³-hybridized carbons (Fsp3) is 0.375. The summed E-state index contributed by atoms with van der Waals surface area (Å²) >= 11 is 6.32. The van der Waals surface area contributed by atoms with Crippen molar-refractivity contribution in [2.45, 2.75) is 38.3 Å². The topological polar surface area (TPSA) is 69.7 Å². The average Bonchev–Trinajstić information content (AvgIpc) is 3.43. The molecule has 4 aliphatic heterocycles. The number of aryl methyl sites for hydroxylation is 2. The van der Waals surface area contributed by atoms with Crippen molar-refractivity contribution in [2.75, 3.05) is 16.8 Å². The Kier molecular flexibility index (Phi) is 3.79. The highest BCUT2D eigenvalue weighted by Crippen LogP contribution is 2.60. The normalized spacial score (nSPS) is 31.4. The van der Waals surface area contributed by atoms with Crippen molar-refractivity contribution in [2.24, 2.45) is 11.8 Å². The molecule has 158 valence electrons. The van der Waals surface area contributed by atoms with Crippen molar-refractivity contribution in [3.8, 4) is 0 Å². The van der Waals surface area contributed by atoms with Crippen LogP contribution in [0.2, 0.25) is 5.02 Å². The molecule has 6 rings (SSSR count). The van der Waals surface area contributed by atoms with Gasteiger partial charge in [-0.25, -0.2) is 4.90 Å². The van der Waals surface area contributed by atoms with Gasteiger partial charge in [0.15, 0.2) is 0 Å². The minimum atomic E-state index is -1.19. The molecule has 1 N–H and O–H groups in total. The third-order valence-corrected chi connectivity index (χ3v) is 7.94. The van der Waals surface area contributed by atoms with Gasteiger partial charge in [0, 0.05) is 22.3 Å². The van der Waals surface area contributed by atoms with Gasteiger partial charge in [-0.1, -0.05) is 17.7 Å². The Morgan fingerprint density at radius 1 is 1.03 bits per heavy atom. The van der Waals surface area contributed by atoms with E-state index in [-0.39, 0.29) is 23.8 Å². The summed E-state index contributed by atoms with van der Waals surface area (Å²) < 4.78 is 0. The zero-order valence-corrected chi connectivity index (χ0v) is 18.1. The average molecular weight is 436 g/mol. The highest BCUT2D eigenvalue weighted by Gasteiger charge is 2.74. The van der Waals surface area contributed by atoms with Crippen LogP contribution in [0.4, 0.5) is 11.4 Å². The van der Waals surface area contributed by atoms with Gasteiger partial charge in [0.2, 0.25) is 17.7 Å². The first kappa shape index (κ1) is 19.0. The minimum Gasteiger partial charge on any atom is -0.324 e. The van der Waals surface area contributed by atoms with E-state index in [0.29, 0.717) is 28.5 Å². The maximum atomic E-state index is 13.9. The number of anilines is 2. The van der Waals surface area contributed by atoms with Crippen molar-refractivity contribution in [1.82, 2.24) is 4.90 Å². The van der Waals surface area contributed by atoms with Crippen LogP contribution in [0, 0.1) is 25.7 Å². The lowest BCUT2D eigenvalue weighted by Crippen LogP contribution is -2.54. The molecular weight excluding hydrogens is 414 g/mol. The number of hydrogen-bond donors (Lipinski definition) is 1. The van der Waals surface area contributed by atoms with Gasteiger partial charge in [0.05, 0.1) is 17.5 Å². The van der Waals surface area contributed by atoms with E-state index in [9.17, 15) is 14.4 Å². The van der Waals surface area contributed by atoms with E-state index in [1.54, 1.807) is 18.2 Å². The highest BCUT2D eigenvalue weighted by atomic mass is 35.5. The molecule has 0 aromatic heterocycles. The molecule has 0 saturated carbocycles. The van der Waals surface area contributed by atoms with E-state index < -0.39 is 17.4 Å². The Balaban J connectivity index is 1.56. The van der Waals surface area contributed by atoms with Crippen LogP contribution in [0.5, 0.6) is 0 Å².